The van der Waals surface area contributed by atoms with Gasteiger partial charge < -0.3 is 10.1 Å². The molecule has 1 N–H and O–H groups in total. The summed E-state index contributed by atoms with van der Waals surface area (Å²) in [5.41, 5.74) is 1.13. The van der Waals surface area contributed by atoms with Crippen molar-refractivity contribution in [1.82, 2.24) is 5.32 Å². The lowest BCUT2D eigenvalue weighted by Crippen LogP contribution is -2.29. The molecule has 0 aromatic heterocycles. The normalized spacial score (nSPS) is 10.4. The maximum absolute atomic E-state index is 11.4. The Morgan fingerprint density at radius 2 is 2.18 bits per heavy atom. The van der Waals surface area contributed by atoms with Crippen molar-refractivity contribution in [2.75, 3.05) is 13.7 Å². The maximum Gasteiger partial charge on any atom is 0.222 e. The fraction of sp³-hybridized carbons (Fsp3) is 0.462. The predicted molar refractivity (Wildman–Crippen MR) is 72.2 cm³/mol. The second kappa shape index (κ2) is 6.64. The van der Waals surface area contributed by atoms with E-state index < -0.39 is 0 Å². The van der Waals surface area contributed by atoms with E-state index in [4.69, 9.17) is 4.74 Å². The van der Waals surface area contributed by atoms with E-state index in [1.165, 1.54) is 0 Å². The van der Waals surface area contributed by atoms with Crippen LogP contribution in [0.5, 0.6) is 5.75 Å². The zero-order valence-corrected chi connectivity index (χ0v) is 12.0. The number of carbonyl (C=O) groups is 1. The molecule has 0 bridgehead atoms. The van der Waals surface area contributed by atoms with Crippen LogP contribution in [0.15, 0.2) is 22.7 Å². The van der Waals surface area contributed by atoms with Crippen molar-refractivity contribution in [2.24, 2.45) is 5.92 Å². The van der Waals surface area contributed by atoms with Gasteiger partial charge in [0.15, 0.2) is 0 Å². The standard InChI is InChI=1S/C13H18BrNO2/c1-9(2)13(16)15-7-6-10-8-11(17-3)4-5-12(10)14/h4-5,8-9H,6-7H2,1-3H3,(H,15,16). The fourth-order valence-electron chi connectivity index (χ4n) is 1.39. The van der Waals surface area contributed by atoms with Crippen molar-refractivity contribution in [3.8, 4) is 5.75 Å². The second-order valence-electron chi connectivity index (χ2n) is 4.15. The summed E-state index contributed by atoms with van der Waals surface area (Å²) >= 11 is 3.49. The summed E-state index contributed by atoms with van der Waals surface area (Å²) in [5, 5.41) is 2.89. The van der Waals surface area contributed by atoms with E-state index in [2.05, 4.69) is 21.2 Å². The number of rotatable bonds is 5. The second-order valence-corrected chi connectivity index (χ2v) is 5.01. The van der Waals surface area contributed by atoms with Crippen LogP contribution in [-0.4, -0.2) is 19.6 Å². The molecule has 3 nitrogen and oxygen atoms in total. The van der Waals surface area contributed by atoms with Crippen LogP contribution in [-0.2, 0) is 11.2 Å². The number of ether oxygens (including phenoxy) is 1. The number of benzene rings is 1. The first kappa shape index (κ1) is 14.0. The first-order valence-electron chi connectivity index (χ1n) is 5.64. The first-order chi connectivity index (χ1) is 8.04. The Bertz CT molecular complexity index is 391. The molecule has 1 rings (SSSR count). The van der Waals surface area contributed by atoms with E-state index >= 15 is 0 Å². The summed E-state index contributed by atoms with van der Waals surface area (Å²) in [5.74, 6) is 0.950. The van der Waals surface area contributed by atoms with Crippen LogP contribution in [0.25, 0.3) is 0 Å². The topological polar surface area (TPSA) is 38.3 Å². The molecular weight excluding hydrogens is 282 g/mol. The molecule has 0 unspecified atom stereocenters. The highest BCUT2D eigenvalue weighted by atomic mass is 79.9. The van der Waals surface area contributed by atoms with Gasteiger partial charge in [-0.15, -0.1) is 0 Å². The monoisotopic (exact) mass is 299 g/mol. The Morgan fingerprint density at radius 3 is 2.76 bits per heavy atom. The molecule has 4 heteroatoms. The Balaban J connectivity index is 2.54. The highest BCUT2D eigenvalue weighted by Gasteiger charge is 2.07. The third-order valence-electron chi connectivity index (χ3n) is 2.47. The highest BCUT2D eigenvalue weighted by Crippen LogP contribution is 2.22. The molecule has 94 valence electrons. The summed E-state index contributed by atoms with van der Waals surface area (Å²) in [6, 6.07) is 5.84. The minimum absolute atomic E-state index is 0.0313. The lowest BCUT2D eigenvalue weighted by atomic mass is 10.1. The molecule has 0 aliphatic heterocycles. The van der Waals surface area contributed by atoms with Gasteiger partial charge in [0, 0.05) is 16.9 Å². The van der Waals surface area contributed by atoms with Crippen LogP contribution in [0.2, 0.25) is 0 Å². The number of nitrogens with one attached hydrogen (secondary N) is 1. The van der Waals surface area contributed by atoms with E-state index in [1.54, 1.807) is 7.11 Å². The van der Waals surface area contributed by atoms with E-state index in [0.29, 0.717) is 6.54 Å². The number of amides is 1. The van der Waals surface area contributed by atoms with E-state index in [1.807, 2.05) is 32.0 Å². The molecule has 0 fully saturated rings. The minimum atomic E-state index is 0.0313. The van der Waals surface area contributed by atoms with Crippen LogP contribution in [0.1, 0.15) is 19.4 Å². The van der Waals surface area contributed by atoms with Crippen molar-refractivity contribution < 1.29 is 9.53 Å². The van der Waals surface area contributed by atoms with Gasteiger partial charge in [0.05, 0.1) is 7.11 Å². The number of carbonyl (C=O) groups excluding carboxylic acids is 1. The van der Waals surface area contributed by atoms with Gasteiger partial charge in [-0.1, -0.05) is 29.8 Å². The molecule has 0 spiro atoms. The minimum Gasteiger partial charge on any atom is -0.497 e. The Hall–Kier alpha value is -1.03. The molecule has 0 saturated carbocycles. The molecule has 0 aliphatic rings. The van der Waals surface area contributed by atoms with E-state index in [9.17, 15) is 4.79 Å². The third kappa shape index (κ3) is 4.38. The highest BCUT2D eigenvalue weighted by molar-refractivity contribution is 9.10. The average Bonchev–Trinajstić information content (AvgIpc) is 2.31. The van der Waals surface area contributed by atoms with Gasteiger partial charge in [-0.05, 0) is 30.2 Å². The largest absolute Gasteiger partial charge is 0.497 e. The van der Waals surface area contributed by atoms with Crippen molar-refractivity contribution in [3.05, 3.63) is 28.2 Å². The molecule has 0 heterocycles. The summed E-state index contributed by atoms with van der Waals surface area (Å²) in [4.78, 5) is 11.4. The van der Waals surface area contributed by atoms with Crippen LogP contribution in [0, 0.1) is 5.92 Å². The molecular formula is C13H18BrNO2. The zero-order chi connectivity index (χ0) is 12.8. The Labute approximate surface area is 111 Å². The van der Waals surface area contributed by atoms with Crippen LogP contribution < -0.4 is 10.1 Å². The average molecular weight is 300 g/mol. The van der Waals surface area contributed by atoms with Crippen LogP contribution in [0.4, 0.5) is 0 Å². The fourth-order valence-corrected chi connectivity index (χ4v) is 1.84. The van der Waals surface area contributed by atoms with Gasteiger partial charge >= 0.3 is 0 Å². The molecule has 0 saturated heterocycles. The number of hydrogen-bond acceptors (Lipinski definition) is 2. The summed E-state index contributed by atoms with van der Waals surface area (Å²) in [6.45, 7) is 4.41. The summed E-state index contributed by atoms with van der Waals surface area (Å²) in [7, 11) is 1.65. The number of hydrogen-bond donors (Lipinski definition) is 1. The SMILES string of the molecule is COc1ccc(Br)c(CCNC(=O)C(C)C)c1. The van der Waals surface area contributed by atoms with Crippen molar-refractivity contribution in [2.45, 2.75) is 20.3 Å². The van der Waals surface area contributed by atoms with Gasteiger partial charge in [-0.25, -0.2) is 0 Å². The van der Waals surface area contributed by atoms with Crippen molar-refractivity contribution in [3.63, 3.8) is 0 Å². The van der Waals surface area contributed by atoms with E-state index in [-0.39, 0.29) is 11.8 Å². The lowest BCUT2D eigenvalue weighted by Gasteiger charge is -2.10. The lowest BCUT2D eigenvalue weighted by molar-refractivity contribution is -0.123. The van der Waals surface area contributed by atoms with Crippen LogP contribution >= 0.6 is 15.9 Å². The van der Waals surface area contributed by atoms with Gasteiger partial charge in [-0.3, -0.25) is 4.79 Å². The molecule has 0 aliphatic carbocycles. The first-order valence-corrected chi connectivity index (χ1v) is 6.44. The third-order valence-corrected chi connectivity index (χ3v) is 3.24. The predicted octanol–water partition coefficient (Wildman–Crippen LogP) is 2.77. The molecule has 1 aromatic carbocycles. The smallest absolute Gasteiger partial charge is 0.222 e. The zero-order valence-electron chi connectivity index (χ0n) is 10.4. The maximum atomic E-state index is 11.4. The van der Waals surface area contributed by atoms with Crippen LogP contribution in [0.3, 0.4) is 0 Å². The Morgan fingerprint density at radius 1 is 1.47 bits per heavy atom. The van der Waals surface area contributed by atoms with E-state index in [0.717, 1.165) is 22.2 Å². The molecule has 17 heavy (non-hydrogen) atoms. The quantitative estimate of drug-likeness (QED) is 0.908. The van der Waals surface area contributed by atoms with Gasteiger partial charge in [0.1, 0.15) is 5.75 Å². The van der Waals surface area contributed by atoms with Crippen molar-refractivity contribution in [1.29, 1.82) is 0 Å². The Kier molecular flexibility index (Phi) is 5.48. The summed E-state index contributed by atoms with van der Waals surface area (Å²) < 4.78 is 6.21. The number of halogens is 1. The molecule has 1 amide bonds. The van der Waals surface area contributed by atoms with Gasteiger partial charge in [-0.2, -0.15) is 0 Å². The number of methoxy groups -OCH3 is 1. The van der Waals surface area contributed by atoms with Gasteiger partial charge in [0.2, 0.25) is 5.91 Å². The summed E-state index contributed by atoms with van der Waals surface area (Å²) in [6.07, 6.45) is 0.788. The van der Waals surface area contributed by atoms with Gasteiger partial charge in [0.25, 0.3) is 0 Å². The molecule has 1 aromatic rings. The van der Waals surface area contributed by atoms with Crippen molar-refractivity contribution >= 4 is 21.8 Å². The molecule has 0 radical (unpaired) electrons. The molecule has 0 atom stereocenters.